The van der Waals surface area contributed by atoms with Crippen LogP contribution in [0.2, 0.25) is 0 Å². The zero-order valence-corrected chi connectivity index (χ0v) is 33.9. The molecule has 0 aliphatic carbocycles. The summed E-state index contributed by atoms with van der Waals surface area (Å²) >= 11 is 0. The van der Waals surface area contributed by atoms with Gasteiger partial charge in [-0.3, -0.25) is 19.4 Å². The van der Waals surface area contributed by atoms with Gasteiger partial charge in [0.2, 0.25) is 0 Å². The van der Waals surface area contributed by atoms with Crippen molar-refractivity contribution < 1.29 is 18.9 Å². The number of nitrogens with one attached hydrogen (secondary N) is 3. The molecule has 0 radical (unpaired) electrons. The van der Waals surface area contributed by atoms with E-state index >= 15 is 0 Å². The van der Waals surface area contributed by atoms with Crippen molar-refractivity contribution in [3.05, 3.63) is 113 Å². The van der Waals surface area contributed by atoms with Crippen LogP contribution in [-0.4, -0.2) is 70.1 Å². The summed E-state index contributed by atoms with van der Waals surface area (Å²) in [5.41, 5.74) is 5.23. The maximum absolute atomic E-state index is 13.3. The molecule has 3 heterocycles. The van der Waals surface area contributed by atoms with Gasteiger partial charge in [-0.25, -0.2) is 0 Å². The Kier molecular flexibility index (Phi) is 15.2. The minimum Gasteiger partial charge on any atom is -0.345 e. The number of quaternary nitrogens is 1. The molecule has 0 spiro atoms. The number of fused-ring (bicyclic) bond motifs is 1. The van der Waals surface area contributed by atoms with E-state index in [1.165, 1.54) is 64.2 Å². The van der Waals surface area contributed by atoms with Crippen LogP contribution in [0.15, 0.2) is 85.3 Å². The molecule has 2 aromatic carbocycles. The highest BCUT2D eigenvalue weighted by molar-refractivity contribution is 6.07. The number of benzene rings is 2. The molecule has 0 aliphatic rings. The average molecular weight is 759 g/mol. The van der Waals surface area contributed by atoms with Gasteiger partial charge in [0.05, 0.1) is 50.6 Å². The molecular formula is C46H60N7O3+. The number of para-hydroxylation sites is 1. The smallest absolute Gasteiger partial charge is 0.272 e. The summed E-state index contributed by atoms with van der Waals surface area (Å²) in [4.78, 5) is 44.0. The molecule has 296 valence electrons. The molecule has 0 aliphatic heterocycles. The van der Waals surface area contributed by atoms with Crippen molar-refractivity contribution in [1.29, 1.82) is 0 Å². The lowest BCUT2D eigenvalue weighted by Crippen LogP contribution is -2.46. The Morgan fingerprint density at radius 3 is 1.89 bits per heavy atom. The predicted octanol–water partition coefficient (Wildman–Crippen LogP) is 9.31. The van der Waals surface area contributed by atoms with Crippen molar-refractivity contribution in [1.82, 2.24) is 19.4 Å². The third kappa shape index (κ3) is 12.5. The van der Waals surface area contributed by atoms with Gasteiger partial charge in [0, 0.05) is 43.6 Å². The van der Waals surface area contributed by atoms with Crippen molar-refractivity contribution in [2.75, 3.05) is 44.4 Å². The third-order valence-corrected chi connectivity index (χ3v) is 10.4. The van der Waals surface area contributed by atoms with Gasteiger partial charge in [-0.15, -0.1) is 0 Å². The first-order valence-electron chi connectivity index (χ1n) is 20.2. The number of carbonyl (C=O) groups is 3. The van der Waals surface area contributed by atoms with Crippen LogP contribution in [0.5, 0.6) is 0 Å². The number of likely N-dealkylation sites (N-methyl/N-ethyl adjacent to an activating group) is 1. The summed E-state index contributed by atoms with van der Waals surface area (Å²) in [6.45, 7) is 4.77. The molecule has 5 aromatic rings. The van der Waals surface area contributed by atoms with Gasteiger partial charge in [0.15, 0.2) is 0 Å². The lowest BCUT2D eigenvalue weighted by molar-refractivity contribution is -0.889. The summed E-state index contributed by atoms with van der Waals surface area (Å²) in [7, 11) is 7.98. The highest BCUT2D eigenvalue weighted by atomic mass is 16.2. The molecule has 5 rings (SSSR count). The van der Waals surface area contributed by atoms with Gasteiger partial charge in [0.1, 0.15) is 11.4 Å². The van der Waals surface area contributed by atoms with Gasteiger partial charge in [-0.05, 0) is 60.4 Å². The largest absolute Gasteiger partial charge is 0.345 e. The maximum Gasteiger partial charge on any atom is 0.272 e. The number of nitrogens with zero attached hydrogens (tertiary/aromatic N) is 4. The van der Waals surface area contributed by atoms with E-state index in [9.17, 15) is 14.4 Å². The normalized spacial score (nSPS) is 11.7. The number of hydrogen-bond acceptors (Lipinski definition) is 4. The second-order valence-corrected chi connectivity index (χ2v) is 15.6. The van der Waals surface area contributed by atoms with Crippen LogP contribution in [0.3, 0.4) is 0 Å². The fourth-order valence-corrected chi connectivity index (χ4v) is 6.93. The lowest BCUT2D eigenvalue weighted by atomic mass is 10.1. The van der Waals surface area contributed by atoms with Crippen molar-refractivity contribution in [3.63, 3.8) is 0 Å². The van der Waals surface area contributed by atoms with Crippen molar-refractivity contribution in [2.45, 2.75) is 71.1 Å². The van der Waals surface area contributed by atoms with Crippen molar-refractivity contribution >= 4 is 52.2 Å². The fourth-order valence-electron chi connectivity index (χ4n) is 6.93. The first-order chi connectivity index (χ1) is 27.0. The Hall–Kier alpha value is -5.48. The Morgan fingerprint density at radius 1 is 0.661 bits per heavy atom. The van der Waals surface area contributed by atoms with E-state index in [0.717, 1.165) is 39.6 Å². The molecule has 0 bridgehead atoms. The first kappa shape index (κ1) is 41.7. The maximum atomic E-state index is 13.3. The fraction of sp³-hybridized carbons (Fsp3) is 0.391. The molecule has 56 heavy (non-hydrogen) atoms. The van der Waals surface area contributed by atoms with Crippen molar-refractivity contribution in [2.24, 2.45) is 14.1 Å². The molecular weight excluding hydrogens is 699 g/mol. The van der Waals surface area contributed by atoms with Crippen LogP contribution >= 0.6 is 0 Å². The number of carbonyl (C=O) groups excluding carboxylic acids is 3. The lowest BCUT2D eigenvalue weighted by Gasteiger charge is -2.30. The van der Waals surface area contributed by atoms with E-state index < -0.39 is 0 Å². The molecule has 3 N–H and O–H groups in total. The van der Waals surface area contributed by atoms with E-state index in [1.807, 2.05) is 54.7 Å². The number of amides is 3. The Bertz CT molecular complexity index is 2090. The van der Waals surface area contributed by atoms with Crippen LogP contribution < -0.4 is 16.0 Å². The first-order valence-corrected chi connectivity index (χ1v) is 20.2. The highest BCUT2D eigenvalue weighted by Gasteiger charge is 2.19. The van der Waals surface area contributed by atoms with Crippen LogP contribution in [-0.2, 0) is 14.1 Å². The third-order valence-electron chi connectivity index (χ3n) is 10.4. The number of unbranched alkanes of at least 4 members (excludes halogenated alkanes) is 9. The second kappa shape index (κ2) is 20.4. The number of pyridine rings is 1. The number of aromatic nitrogens is 3. The molecule has 0 unspecified atom stereocenters. The quantitative estimate of drug-likeness (QED) is 0.0512. The molecule has 3 aromatic heterocycles. The van der Waals surface area contributed by atoms with E-state index in [4.69, 9.17) is 0 Å². The number of hydrogen-bond donors (Lipinski definition) is 3. The van der Waals surface area contributed by atoms with Crippen LogP contribution in [0.25, 0.3) is 23.1 Å². The van der Waals surface area contributed by atoms with E-state index in [1.54, 1.807) is 59.9 Å². The Labute approximate surface area is 332 Å². The topological polar surface area (TPSA) is 110 Å². The predicted molar refractivity (Wildman–Crippen MR) is 230 cm³/mol. The highest BCUT2D eigenvalue weighted by Crippen LogP contribution is 2.20. The summed E-state index contributed by atoms with van der Waals surface area (Å²) < 4.78 is 4.24. The standard InChI is InChI=1S/C46H59N7O3/c1-6-7-8-9-10-11-12-13-14-17-27-53(4,5)28-26-47-45(55)42-30-40(34-51(42)2)50-46(56)43-31-39(33-52(43)3)49-44(54)37-24-22-35(23-25-37)20-21-36-29-38-18-15-16-19-41(38)48-32-36/h15-16,18-25,29-34H,6-14,17,26-28H2,1-5H3,(H2-,47,49,50,54,55,56)/p+1/b21-20+. The van der Waals surface area contributed by atoms with Gasteiger partial charge in [-0.2, -0.15) is 0 Å². The van der Waals surface area contributed by atoms with E-state index in [0.29, 0.717) is 34.9 Å². The van der Waals surface area contributed by atoms with E-state index in [2.05, 4.69) is 48.0 Å². The molecule has 0 saturated carbocycles. The minimum atomic E-state index is -0.352. The summed E-state index contributed by atoms with van der Waals surface area (Å²) in [6, 6.07) is 20.7. The van der Waals surface area contributed by atoms with E-state index in [-0.39, 0.29) is 17.7 Å². The SMILES string of the molecule is CCCCCCCCCCCC[N+](C)(C)CCNC(=O)c1cc(NC(=O)c2cc(NC(=O)c3ccc(/C=C/c4cnc5ccccc5c4)cc3)cn2C)cn1C. The zero-order chi connectivity index (χ0) is 39.9. The number of anilines is 2. The van der Waals surface area contributed by atoms with Gasteiger partial charge in [0.25, 0.3) is 17.7 Å². The van der Waals surface area contributed by atoms with Crippen molar-refractivity contribution in [3.8, 4) is 0 Å². The Balaban J connectivity index is 1.05. The minimum absolute atomic E-state index is 0.179. The number of aryl methyl sites for hydroxylation is 2. The van der Waals surface area contributed by atoms with Gasteiger partial charge < -0.3 is 29.6 Å². The summed E-state index contributed by atoms with van der Waals surface area (Å²) in [5.74, 6) is -0.812. The molecule has 0 atom stereocenters. The van der Waals surface area contributed by atoms with Crippen LogP contribution in [0, 0.1) is 0 Å². The van der Waals surface area contributed by atoms with Crippen LogP contribution in [0.1, 0.15) is 114 Å². The molecule has 3 amide bonds. The molecule has 10 nitrogen and oxygen atoms in total. The molecule has 10 heteroatoms. The summed E-state index contributed by atoms with van der Waals surface area (Å²) in [6.07, 6.45) is 22.5. The summed E-state index contributed by atoms with van der Waals surface area (Å²) in [5, 5.41) is 9.93. The van der Waals surface area contributed by atoms with Gasteiger partial charge >= 0.3 is 0 Å². The zero-order valence-electron chi connectivity index (χ0n) is 33.9. The average Bonchev–Trinajstić information content (AvgIpc) is 3.74. The molecule has 0 fully saturated rings. The molecule has 0 saturated heterocycles. The van der Waals surface area contributed by atoms with Crippen LogP contribution in [0.4, 0.5) is 11.4 Å². The number of rotatable bonds is 21. The second-order valence-electron chi connectivity index (χ2n) is 15.6. The van der Waals surface area contributed by atoms with Gasteiger partial charge in [-0.1, -0.05) is 101 Å². The monoisotopic (exact) mass is 758 g/mol. The Morgan fingerprint density at radius 2 is 1.23 bits per heavy atom.